The van der Waals surface area contributed by atoms with Crippen LogP contribution in [0.4, 0.5) is 4.39 Å². The first-order valence-corrected chi connectivity index (χ1v) is 5.04. The maximum atomic E-state index is 13.0. The Kier molecular flexibility index (Phi) is 2.87. The van der Waals surface area contributed by atoms with E-state index in [0.717, 1.165) is 0 Å². The molecular formula is C13H10FNO2. The number of nitrogens with zero attached hydrogens (tertiary/aromatic N) is 1. The van der Waals surface area contributed by atoms with Crippen molar-refractivity contribution < 1.29 is 14.3 Å². The zero-order chi connectivity index (χ0) is 12.4. The third kappa shape index (κ3) is 2.30. The number of benzene rings is 1. The summed E-state index contributed by atoms with van der Waals surface area (Å²) in [4.78, 5) is 14.8. The Morgan fingerprint density at radius 1 is 1.35 bits per heavy atom. The van der Waals surface area contributed by atoms with Crippen molar-refractivity contribution >= 4 is 5.97 Å². The molecule has 0 saturated carbocycles. The summed E-state index contributed by atoms with van der Waals surface area (Å²) in [5.74, 6) is -1.36. The van der Waals surface area contributed by atoms with Gasteiger partial charge in [-0.25, -0.2) is 9.18 Å². The van der Waals surface area contributed by atoms with Gasteiger partial charge in [-0.2, -0.15) is 0 Å². The van der Waals surface area contributed by atoms with Gasteiger partial charge >= 0.3 is 5.97 Å². The van der Waals surface area contributed by atoms with Crippen LogP contribution in [0.5, 0.6) is 0 Å². The predicted octanol–water partition coefficient (Wildman–Crippen LogP) is 2.89. The lowest BCUT2D eigenvalue weighted by molar-refractivity contribution is 0.0695. The first-order valence-electron chi connectivity index (χ1n) is 5.04. The van der Waals surface area contributed by atoms with Gasteiger partial charge in [-0.15, -0.1) is 0 Å². The highest BCUT2D eigenvalue weighted by atomic mass is 19.1. The van der Waals surface area contributed by atoms with Gasteiger partial charge < -0.3 is 5.11 Å². The normalized spacial score (nSPS) is 10.2. The zero-order valence-corrected chi connectivity index (χ0v) is 9.14. The Morgan fingerprint density at radius 3 is 2.71 bits per heavy atom. The lowest BCUT2D eigenvalue weighted by atomic mass is 10.1. The van der Waals surface area contributed by atoms with E-state index in [1.807, 2.05) is 0 Å². The van der Waals surface area contributed by atoms with Crippen LogP contribution in [0.3, 0.4) is 0 Å². The lowest BCUT2D eigenvalue weighted by Crippen LogP contribution is -2.01. The third-order valence-electron chi connectivity index (χ3n) is 2.46. The van der Waals surface area contributed by atoms with Crippen molar-refractivity contribution in [2.24, 2.45) is 0 Å². The predicted molar refractivity (Wildman–Crippen MR) is 61.3 cm³/mol. The number of carbonyl (C=O) groups is 1. The van der Waals surface area contributed by atoms with Crippen molar-refractivity contribution in [1.29, 1.82) is 0 Å². The maximum Gasteiger partial charge on any atom is 0.337 e. The molecule has 2 aromatic rings. The van der Waals surface area contributed by atoms with E-state index in [4.69, 9.17) is 5.11 Å². The molecule has 0 amide bonds. The fourth-order valence-corrected chi connectivity index (χ4v) is 1.59. The van der Waals surface area contributed by atoms with Gasteiger partial charge in [0.15, 0.2) is 0 Å². The van der Waals surface area contributed by atoms with Gasteiger partial charge in [0.2, 0.25) is 0 Å². The molecule has 0 bridgehead atoms. The largest absolute Gasteiger partial charge is 0.478 e. The number of rotatable bonds is 2. The monoisotopic (exact) mass is 231 g/mol. The summed E-state index contributed by atoms with van der Waals surface area (Å²) in [6, 6.07) is 7.67. The van der Waals surface area contributed by atoms with Gasteiger partial charge in [0.25, 0.3) is 0 Å². The quantitative estimate of drug-likeness (QED) is 0.864. The number of hydrogen-bond acceptors (Lipinski definition) is 2. The van der Waals surface area contributed by atoms with Crippen LogP contribution in [-0.4, -0.2) is 16.1 Å². The topological polar surface area (TPSA) is 50.2 Å². The van der Waals surface area contributed by atoms with Gasteiger partial charge in [0.1, 0.15) is 5.82 Å². The minimum absolute atomic E-state index is 0.158. The number of aromatic nitrogens is 1. The van der Waals surface area contributed by atoms with Crippen LogP contribution >= 0.6 is 0 Å². The summed E-state index contributed by atoms with van der Waals surface area (Å²) in [5.41, 5.74) is 1.95. The SMILES string of the molecule is Cc1cc(-c2cccc(F)c2)ncc1C(=O)O. The molecule has 0 atom stereocenters. The summed E-state index contributed by atoms with van der Waals surface area (Å²) in [6.07, 6.45) is 1.29. The number of halogens is 1. The Balaban J connectivity index is 2.48. The lowest BCUT2D eigenvalue weighted by Gasteiger charge is -2.04. The third-order valence-corrected chi connectivity index (χ3v) is 2.46. The molecule has 0 aliphatic carbocycles. The fourth-order valence-electron chi connectivity index (χ4n) is 1.59. The first kappa shape index (κ1) is 11.3. The van der Waals surface area contributed by atoms with Crippen molar-refractivity contribution in [2.45, 2.75) is 6.92 Å². The molecule has 86 valence electrons. The van der Waals surface area contributed by atoms with E-state index in [1.54, 1.807) is 25.1 Å². The Hall–Kier alpha value is -2.23. The summed E-state index contributed by atoms with van der Waals surface area (Å²) >= 11 is 0. The fraction of sp³-hybridized carbons (Fsp3) is 0.0769. The van der Waals surface area contributed by atoms with E-state index in [2.05, 4.69) is 4.98 Å². The molecule has 17 heavy (non-hydrogen) atoms. The minimum atomic E-state index is -1.01. The van der Waals surface area contributed by atoms with Gasteiger partial charge in [0.05, 0.1) is 11.3 Å². The second kappa shape index (κ2) is 4.33. The maximum absolute atomic E-state index is 13.0. The minimum Gasteiger partial charge on any atom is -0.478 e. The van der Waals surface area contributed by atoms with Crippen molar-refractivity contribution in [2.75, 3.05) is 0 Å². The van der Waals surface area contributed by atoms with E-state index in [-0.39, 0.29) is 11.4 Å². The molecule has 1 aromatic carbocycles. The summed E-state index contributed by atoms with van der Waals surface area (Å²) in [6.45, 7) is 1.69. The molecule has 0 aliphatic heterocycles. The van der Waals surface area contributed by atoms with Crippen LogP contribution in [0.15, 0.2) is 36.5 Å². The van der Waals surface area contributed by atoms with E-state index in [0.29, 0.717) is 16.8 Å². The van der Waals surface area contributed by atoms with E-state index in [9.17, 15) is 9.18 Å². The summed E-state index contributed by atoms with van der Waals surface area (Å²) < 4.78 is 13.0. The van der Waals surface area contributed by atoms with Crippen molar-refractivity contribution in [3.8, 4) is 11.3 Å². The number of aryl methyl sites for hydroxylation is 1. The summed E-state index contributed by atoms with van der Waals surface area (Å²) in [5, 5.41) is 8.87. The highest BCUT2D eigenvalue weighted by Gasteiger charge is 2.09. The number of carboxylic acids is 1. The zero-order valence-electron chi connectivity index (χ0n) is 9.14. The molecule has 0 radical (unpaired) electrons. The summed E-state index contributed by atoms with van der Waals surface area (Å²) in [7, 11) is 0. The van der Waals surface area contributed by atoms with Crippen LogP contribution in [0, 0.1) is 12.7 Å². The molecule has 1 heterocycles. The molecule has 3 nitrogen and oxygen atoms in total. The highest BCUT2D eigenvalue weighted by molar-refractivity contribution is 5.89. The van der Waals surface area contributed by atoms with Crippen LogP contribution in [0.25, 0.3) is 11.3 Å². The van der Waals surface area contributed by atoms with Gasteiger partial charge in [-0.1, -0.05) is 12.1 Å². The van der Waals surface area contributed by atoms with Crippen LogP contribution in [0.1, 0.15) is 15.9 Å². The van der Waals surface area contributed by atoms with E-state index in [1.165, 1.54) is 18.3 Å². The second-order valence-electron chi connectivity index (χ2n) is 3.70. The molecule has 0 aliphatic rings. The van der Waals surface area contributed by atoms with E-state index < -0.39 is 5.97 Å². The second-order valence-corrected chi connectivity index (χ2v) is 3.70. The highest BCUT2D eigenvalue weighted by Crippen LogP contribution is 2.20. The molecule has 2 rings (SSSR count). The van der Waals surface area contributed by atoms with Gasteiger partial charge in [-0.3, -0.25) is 4.98 Å². The number of aromatic carboxylic acids is 1. The molecular weight excluding hydrogens is 221 g/mol. The molecule has 0 fully saturated rings. The number of hydrogen-bond donors (Lipinski definition) is 1. The van der Waals surface area contributed by atoms with Crippen molar-refractivity contribution in [1.82, 2.24) is 4.98 Å². The smallest absolute Gasteiger partial charge is 0.337 e. The average Bonchev–Trinajstić information content (AvgIpc) is 2.28. The molecule has 4 heteroatoms. The van der Waals surface area contributed by atoms with Crippen LogP contribution < -0.4 is 0 Å². The molecule has 1 aromatic heterocycles. The molecule has 0 spiro atoms. The first-order chi connectivity index (χ1) is 8.08. The van der Waals surface area contributed by atoms with E-state index >= 15 is 0 Å². The average molecular weight is 231 g/mol. The molecule has 0 saturated heterocycles. The van der Waals surface area contributed by atoms with Gasteiger partial charge in [0, 0.05) is 11.8 Å². The van der Waals surface area contributed by atoms with Crippen molar-refractivity contribution in [3.63, 3.8) is 0 Å². The van der Waals surface area contributed by atoms with Crippen molar-refractivity contribution in [3.05, 3.63) is 53.5 Å². The standard InChI is InChI=1S/C13H10FNO2/c1-8-5-12(15-7-11(8)13(16)17)9-3-2-4-10(14)6-9/h2-7H,1H3,(H,16,17). The van der Waals surface area contributed by atoms with Gasteiger partial charge in [-0.05, 0) is 30.7 Å². The molecule has 1 N–H and O–H groups in total. The molecule has 0 unspecified atom stereocenters. The van der Waals surface area contributed by atoms with Crippen LogP contribution in [-0.2, 0) is 0 Å². The number of pyridine rings is 1. The Morgan fingerprint density at radius 2 is 2.12 bits per heavy atom. The Labute approximate surface area is 97.6 Å². The Bertz CT molecular complexity index is 581. The van der Waals surface area contributed by atoms with Crippen LogP contribution in [0.2, 0.25) is 0 Å². The number of carboxylic acid groups (broad SMARTS) is 1.